The summed E-state index contributed by atoms with van der Waals surface area (Å²) >= 11 is 14.0. The van der Waals surface area contributed by atoms with E-state index in [4.69, 9.17) is 23.6 Å². The normalized spacial score (nSPS) is 12.5. The molecule has 0 amide bonds. The minimum atomic E-state index is -1.76. The van der Waals surface area contributed by atoms with Crippen LogP contribution in [-0.4, -0.2) is 24.6 Å². The first-order valence-corrected chi connectivity index (χ1v) is 55.1. The zero-order valence-electron chi connectivity index (χ0n) is 71.8. The fourth-order valence-electron chi connectivity index (χ4n) is 16.5. The minimum absolute atomic E-state index is 0. The van der Waals surface area contributed by atoms with E-state index >= 15 is 0 Å². The summed E-state index contributed by atoms with van der Waals surface area (Å²) in [5.41, 5.74) is 0. The van der Waals surface area contributed by atoms with Gasteiger partial charge in [0.1, 0.15) is 0 Å². The molecule has 0 aliphatic heterocycles. The summed E-state index contributed by atoms with van der Waals surface area (Å²) in [5, 5.41) is 0. The Balaban J connectivity index is 0. The maximum absolute atomic E-state index is 7.03. The molecule has 0 spiro atoms. The Hall–Kier alpha value is 1.88. The van der Waals surface area contributed by atoms with Crippen LogP contribution in [0.4, 0.5) is 0 Å². The van der Waals surface area contributed by atoms with Crippen LogP contribution in [0.5, 0.6) is 0 Å². The van der Waals surface area contributed by atoms with Crippen LogP contribution < -0.4 is 4.86 Å². The van der Waals surface area contributed by atoms with E-state index in [1.807, 2.05) is 0 Å². The minimum Gasteiger partial charge on any atom is -0.322 e. The molecule has 1 nitrogen and oxygen atoms in total. The smallest absolute Gasteiger partial charge is 0.0163 e. The zero-order chi connectivity index (χ0) is 72.8. The molecule has 610 valence electrons. The molecular weight excluding hydrogens is 1360 g/mol. The van der Waals surface area contributed by atoms with Crippen LogP contribution in [0.1, 0.15) is 586 Å². The maximum Gasteiger partial charge on any atom is 0.0163 e. The average Bonchev–Trinajstić information content (AvgIpc) is 0.839. The van der Waals surface area contributed by atoms with Crippen LogP contribution >= 0.6 is 12.4 Å². The van der Waals surface area contributed by atoms with Gasteiger partial charge in [0, 0.05) is 25.7 Å². The first-order valence-electron chi connectivity index (χ1n) is 48.7. The summed E-state index contributed by atoms with van der Waals surface area (Å²) in [6.07, 6.45) is 130. The Labute approximate surface area is 672 Å². The van der Waals surface area contributed by atoms with Crippen molar-refractivity contribution in [2.45, 2.75) is 586 Å². The van der Waals surface area contributed by atoms with Crippen LogP contribution in [0.2, 0.25) is 0 Å². The third kappa shape index (κ3) is 89.1. The number of hydrogen-bond acceptors (Lipinski definition) is 2. The molecule has 0 aromatic rings. The molecule has 6 heteroatoms. The van der Waals surface area contributed by atoms with Gasteiger partial charge in [-0.15, -0.1) is 6.16 Å². The molecule has 0 bridgehead atoms. The molecule has 1 N–H and O–H groups in total. The van der Waals surface area contributed by atoms with Crippen LogP contribution in [0.15, 0.2) is 0 Å². The Morgan fingerprint density at radius 2 is 0.284 bits per heavy atom. The van der Waals surface area contributed by atoms with Gasteiger partial charge in [-0.05, 0) is 43.9 Å². The molecule has 0 saturated heterocycles. The van der Waals surface area contributed by atoms with Crippen molar-refractivity contribution >= 4 is 36.0 Å². The van der Waals surface area contributed by atoms with Crippen molar-refractivity contribution in [3.8, 4) is 0 Å². The quantitative estimate of drug-likeness (QED) is 0.0282. The number of unbranched alkanes of at least 4 members (excludes halogenated alkanes) is 84. The monoisotopic (exact) mass is 1550 g/mol. The van der Waals surface area contributed by atoms with E-state index in [-0.39, 0.29) is 19.5 Å². The fourth-order valence-corrected chi connectivity index (χ4v) is 28.6. The van der Waals surface area contributed by atoms with Crippen molar-refractivity contribution in [1.82, 2.24) is 4.86 Å². The van der Waals surface area contributed by atoms with E-state index in [2.05, 4.69) is 39.0 Å². The maximum atomic E-state index is 7.03. The average molecular weight is 1560 g/mol. The van der Waals surface area contributed by atoms with Crippen LogP contribution in [0.3, 0.4) is 0 Å². The van der Waals surface area contributed by atoms with Gasteiger partial charge in [0.2, 0.25) is 0 Å². The first-order chi connectivity index (χ1) is 49.9. The van der Waals surface area contributed by atoms with Crippen molar-refractivity contribution < 1.29 is 19.5 Å². The summed E-state index contributed by atoms with van der Waals surface area (Å²) < 4.78 is 0. The fraction of sp³-hybridized carbons (Fsp3) is 0.990. The van der Waals surface area contributed by atoms with Crippen LogP contribution in [0.25, 0.3) is 0 Å². The van der Waals surface area contributed by atoms with E-state index in [9.17, 15) is 0 Å². The topological polar surface area (TPSA) is 12.0 Å². The van der Waals surface area contributed by atoms with Gasteiger partial charge in [0.25, 0.3) is 0 Å². The Morgan fingerprint density at radius 3 is 0.431 bits per heavy atom. The number of hydrogen-bond donors (Lipinski definition) is 1. The van der Waals surface area contributed by atoms with Gasteiger partial charge < -0.3 is 6.42 Å². The van der Waals surface area contributed by atoms with Gasteiger partial charge in [-0.3, -0.25) is 4.86 Å². The van der Waals surface area contributed by atoms with Gasteiger partial charge >= 0.3 is 0 Å². The standard InChI is InChI=1S/C96H196NP2S2.Zn/c1-5-9-13-17-21-25-29-33-37-41-45-49-53-57-61-65-69-73-77-81-85-89-93-98(100,94-90-86-82-78-74-70-66-62-58-54-50-46-42-38-34-30-26-22-18-14-10-6-2)97-99(101,95-91-87-83-79-75-71-67-63-59-55-51-47-43-39-35-31-27-23-19-15-11-7-3)96-92-88-84-80-76-72-68-64-60-56-52-48-44-40-36-32-28-24-20-16-12-8-4;/h89H,5-88,90-96H2,1-4H3,(H,97,100,101);/q-1;. The zero-order valence-corrected chi connectivity index (χ0v) is 78.2. The van der Waals surface area contributed by atoms with E-state index in [0.29, 0.717) is 0 Å². The SMILES string of the molecule is CCCCCCCCCCCCCCCCCCCCCC[CH-]CP(=S)(CCCCCCCCCCCCCCCCCCCCCCCC)NP(=S)(CCCCCCCCCCCCCCCCCCCCCCCC)CCCCCCCCCCCCCCCCCCCCCCCC.[Zn]. The molecule has 1 unspecified atom stereocenters. The van der Waals surface area contributed by atoms with Gasteiger partial charge in [-0.25, -0.2) is 0 Å². The van der Waals surface area contributed by atoms with Gasteiger partial charge in [0.05, 0.1) is 0 Å². The van der Waals surface area contributed by atoms with Crippen LogP contribution in [0, 0.1) is 6.42 Å². The third-order valence-electron chi connectivity index (χ3n) is 23.7. The molecule has 0 aliphatic carbocycles. The Bertz CT molecular complexity index is 1360. The van der Waals surface area contributed by atoms with E-state index in [1.165, 1.54) is 577 Å². The molecule has 0 radical (unpaired) electrons. The molecule has 0 aromatic carbocycles. The summed E-state index contributed by atoms with van der Waals surface area (Å²) in [4.78, 5) is 4.48. The predicted octanol–water partition coefficient (Wildman–Crippen LogP) is 37.6. The molecule has 102 heavy (non-hydrogen) atoms. The van der Waals surface area contributed by atoms with Crippen molar-refractivity contribution in [1.29, 1.82) is 0 Å². The molecule has 0 fully saturated rings. The molecule has 0 aromatic heterocycles. The molecule has 0 heterocycles. The van der Waals surface area contributed by atoms with Crippen molar-refractivity contribution in [2.75, 3.05) is 24.6 Å². The Kier molecular flexibility index (Phi) is 97.1. The van der Waals surface area contributed by atoms with Crippen molar-refractivity contribution in [3.63, 3.8) is 0 Å². The van der Waals surface area contributed by atoms with Gasteiger partial charge in [-0.1, -0.05) is 584 Å². The second kappa shape index (κ2) is 93.5. The molecular formula is C96H196NP2S2Zn-. The second-order valence-electron chi connectivity index (χ2n) is 34.3. The Morgan fingerprint density at radius 1 is 0.167 bits per heavy atom. The van der Waals surface area contributed by atoms with E-state index in [1.54, 1.807) is 0 Å². The van der Waals surface area contributed by atoms with Crippen molar-refractivity contribution in [2.24, 2.45) is 0 Å². The second-order valence-corrected chi connectivity index (χ2v) is 44.6. The summed E-state index contributed by atoms with van der Waals surface area (Å²) in [6.45, 7) is 9.30. The number of rotatable bonds is 94. The van der Waals surface area contributed by atoms with Gasteiger partial charge in [-0.2, -0.15) is 6.42 Å². The summed E-state index contributed by atoms with van der Waals surface area (Å²) in [7, 11) is 0. The molecule has 1 atom stereocenters. The molecule has 0 aliphatic rings. The van der Waals surface area contributed by atoms with E-state index < -0.39 is 12.4 Å². The van der Waals surface area contributed by atoms with E-state index in [0.717, 1.165) is 6.16 Å². The largest absolute Gasteiger partial charge is 0.322 e. The molecule has 0 rings (SSSR count). The summed E-state index contributed by atoms with van der Waals surface area (Å²) in [6, 6.07) is 0. The third-order valence-corrected chi connectivity index (χ3v) is 34.1. The van der Waals surface area contributed by atoms with Crippen LogP contribution in [-0.2, 0) is 43.1 Å². The molecule has 0 saturated carbocycles. The first kappa shape index (κ1) is 106. The predicted molar refractivity (Wildman–Crippen MR) is 480 cm³/mol. The number of nitrogens with one attached hydrogen (secondary N) is 1. The van der Waals surface area contributed by atoms with Gasteiger partial charge in [0.15, 0.2) is 0 Å². The summed E-state index contributed by atoms with van der Waals surface area (Å²) in [5.74, 6) is 0. The van der Waals surface area contributed by atoms with Crippen molar-refractivity contribution in [3.05, 3.63) is 6.42 Å².